The molecule has 0 radical (unpaired) electrons. The van der Waals surface area contributed by atoms with Gasteiger partial charge in [-0.1, -0.05) is 0 Å². The summed E-state index contributed by atoms with van der Waals surface area (Å²) in [6.45, 7) is 4.19. The molecule has 2 heterocycles. The van der Waals surface area contributed by atoms with E-state index in [4.69, 9.17) is 5.73 Å². The minimum Gasteiger partial charge on any atom is -0.384 e. The van der Waals surface area contributed by atoms with Gasteiger partial charge in [-0.25, -0.2) is 4.79 Å². The smallest absolute Gasteiger partial charge is 0.349 e. The van der Waals surface area contributed by atoms with Crippen LogP contribution in [0.5, 0.6) is 0 Å². The molecule has 5 nitrogen and oxygen atoms in total. The first-order valence-corrected chi connectivity index (χ1v) is 4.76. The molecule has 5 heteroatoms. The number of anilines is 1. The Morgan fingerprint density at radius 2 is 2.27 bits per heavy atom. The van der Waals surface area contributed by atoms with Crippen LogP contribution in [0.25, 0.3) is 10.9 Å². The van der Waals surface area contributed by atoms with Crippen molar-refractivity contribution in [3.63, 3.8) is 0 Å². The highest BCUT2D eigenvalue weighted by atomic mass is 16.1. The lowest BCUT2D eigenvalue weighted by Crippen LogP contribution is -2.25. The number of fused-ring (bicyclic) bond motifs is 1. The average molecular weight is 204 g/mol. The van der Waals surface area contributed by atoms with E-state index >= 15 is 0 Å². The summed E-state index contributed by atoms with van der Waals surface area (Å²) in [5, 5.41) is 0.781. The molecule has 2 aromatic heterocycles. The molecule has 15 heavy (non-hydrogen) atoms. The van der Waals surface area contributed by atoms with E-state index in [-0.39, 0.29) is 5.69 Å². The minimum atomic E-state index is -0.321. The second-order valence-electron chi connectivity index (χ2n) is 3.32. The largest absolute Gasteiger partial charge is 0.384 e. The van der Waals surface area contributed by atoms with Gasteiger partial charge in [-0.05, 0) is 19.9 Å². The standard InChI is InChI=1S/C10H12N4O/c1-3-14-9(11)7-4-5-12-6(2)8(7)13-10(14)15/h4-5H,3,11H2,1-2H3. The maximum absolute atomic E-state index is 11.6. The lowest BCUT2D eigenvalue weighted by Gasteiger charge is -2.09. The third kappa shape index (κ3) is 1.36. The summed E-state index contributed by atoms with van der Waals surface area (Å²) in [7, 11) is 0. The molecule has 0 unspecified atom stereocenters. The monoisotopic (exact) mass is 204 g/mol. The molecule has 0 atom stereocenters. The summed E-state index contributed by atoms with van der Waals surface area (Å²) in [6.07, 6.45) is 1.67. The van der Waals surface area contributed by atoms with E-state index in [0.29, 0.717) is 17.9 Å². The molecule has 0 aromatic carbocycles. The first-order valence-electron chi connectivity index (χ1n) is 4.76. The van der Waals surface area contributed by atoms with Crippen LogP contribution < -0.4 is 11.4 Å². The van der Waals surface area contributed by atoms with Crippen LogP contribution >= 0.6 is 0 Å². The lowest BCUT2D eigenvalue weighted by molar-refractivity contribution is 0.719. The first-order chi connectivity index (χ1) is 7.15. The molecule has 78 valence electrons. The Hall–Kier alpha value is -1.91. The van der Waals surface area contributed by atoms with Crippen LogP contribution in [-0.4, -0.2) is 14.5 Å². The third-order valence-electron chi connectivity index (χ3n) is 2.43. The fourth-order valence-electron chi connectivity index (χ4n) is 1.62. The number of aromatic nitrogens is 3. The first kappa shape index (κ1) is 9.64. The molecule has 0 fully saturated rings. The average Bonchev–Trinajstić information content (AvgIpc) is 2.20. The Kier molecular flexibility index (Phi) is 2.15. The molecular weight excluding hydrogens is 192 g/mol. The molecule has 2 rings (SSSR count). The Balaban J connectivity index is 2.97. The van der Waals surface area contributed by atoms with Crippen molar-refractivity contribution in [1.29, 1.82) is 0 Å². The van der Waals surface area contributed by atoms with Gasteiger partial charge in [-0.3, -0.25) is 9.55 Å². The summed E-state index contributed by atoms with van der Waals surface area (Å²) >= 11 is 0. The number of nitrogens with zero attached hydrogens (tertiary/aromatic N) is 3. The van der Waals surface area contributed by atoms with Crippen molar-refractivity contribution in [3.05, 3.63) is 28.4 Å². The van der Waals surface area contributed by atoms with Gasteiger partial charge in [0.05, 0.1) is 5.69 Å². The van der Waals surface area contributed by atoms with Gasteiger partial charge in [-0.2, -0.15) is 4.98 Å². The Morgan fingerprint density at radius 1 is 1.53 bits per heavy atom. The van der Waals surface area contributed by atoms with Crippen molar-refractivity contribution in [3.8, 4) is 0 Å². The summed E-state index contributed by atoms with van der Waals surface area (Å²) in [5.41, 5.74) is 6.88. The quantitative estimate of drug-likeness (QED) is 0.742. The van der Waals surface area contributed by atoms with Crippen LogP contribution in [0.2, 0.25) is 0 Å². The second kappa shape index (κ2) is 3.34. The topological polar surface area (TPSA) is 73.8 Å². The zero-order chi connectivity index (χ0) is 11.0. The number of rotatable bonds is 1. The Morgan fingerprint density at radius 3 is 2.93 bits per heavy atom. The highest BCUT2D eigenvalue weighted by Gasteiger charge is 2.08. The second-order valence-corrected chi connectivity index (χ2v) is 3.32. The highest BCUT2D eigenvalue weighted by Crippen LogP contribution is 2.17. The van der Waals surface area contributed by atoms with Gasteiger partial charge < -0.3 is 5.73 Å². The van der Waals surface area contributed by atoms with Crippen LogP contribution in [0.15, 0.2) is 17.1 Å². The number of nitrogens with two attached hydrogens (primary N) is 1. The fourth-order valence-corrected chi connectivity index (χ4v) is 1.62. The predicted molar refractivity (Wildman–Crippen MR) is 58.6 cm³/mol. The molecule has 0 aliphatic rings. The van der Waals surface area contributed by atoms with Crippen molar-refractivity contribution in [2.24, 2.45) is 0 Å². The number of hydrogen-bond donors (Lipinski definition) is 1. The van der Waals surface area contributed by atoms with Crippen LogP contribution in [-0.2, 0) is 6.54 Å². The van der Waals surface area contributed by atoms with Crippen molar-refractivity contribution in [2.75, 3.05) is 5.73 Å². The van der Waals surface area contributed by atoms with Gasteiger partial charge >= 0.3 is 5.69 Å². The van der Waals surface area contributed by atoms with Crippen molar-refractivity contribution in [2.45, 2.75) is 20.4 Å². The highest BCUT2D eigenvalue weighted by molar-refractivity contribution is 5.89. The summed E-state index contributed by atoms with van der Waals surface area (Å²) in [5.74, 6) is 0.456. The molecule has 0 amide bonds. The fraction of sp³-hybridized carbons (Fsp3) is 0.300. The Bertz CT molecular complexity index is 573. The van der Waals surface area contributed by atoms with Crippen LogP contribution in [0.3, 0.4) is 0 Å². The molecular formula is C10H12N4O. The molecule has 0 saturated heterocycles. The normalized spacial score (nSPS) is 10.8. The maximum atomic E-state index is 11.6. The van der Waals surface area contributed by atoms with E-state index in [2.05, 4.69) is 9.97 Å². The van der Waals surface area contributed by atoms with Crippen LogP contribution in [0.4, 0.5) is 5.82 Å². The van der Waals surface area contributed by atoms with Gasteiger partial charge in [0.2, 0.25) is 0 Å². The van der Waals surface area contributed by atoms with Crippen LogP contribution in [0, 0.1) is 6.92 Å². The number of hydrogen-bond acceptors (Lipinski definition) is 4. The van der Waals surface area contributed by atoms with Crippen LogP contribution in [0.1, 0.15) is 12.6 Å². The van der Waals surface area contributed by atoms with E-state index < -0.39 is 0 Å². The maximum Gasteiger partial charge on any atom is 0.349 e. The molecule has 0 bridgehead atoms. The van der Waals surface area contributed by atoms with Gasteiger partial charge in [0.25, 0.3) is 0 Å². The third-order valence-corrected chi connectivity index (χ3v) is 2.43. The van der Waals surface area contributed by atoms with Crippen molar-refractivity contribution >= 4 is 16.7 Å². The van der Waals surface area contributed by atoms with E-state index in [0.717, 1.165) is 11.1 Å². The predicted octanol–water partition coefficient (Wildman–Crippen LogP) is 0.702. The van der Waals surface area contributed by atoms with Crippen molar-refractivity contribution in [1.82, 2.24) is 14.5 Å². The molecule has 2 aromatic rings. The number of pyridine rings is 1. The lowest BCUT2D eigenvalue weighted by atomic mass is 10.2. The summed E-state index contributed by atoms with van der Waals surface area (Å²) in [6, 6.07) is 1.77. The molecule has 2 N–H and O–H groups in total. The zero-order valence-corrected chi connectivity index (χ0v) is 8.69. The SMILES string of the molecule is CCn1c(N)c2ccnc(C)c2nc1=O. The van der Waals surface area contributed by atoms with E-state index in [9.17, 15) is 4.79 Å². The van der Waals surface area contributed by atoms with Gasteiger partial charge in [0.15, 0.2) is 0 Å². The molecule has 0 aliphatic carbocycles. The van der Waals surface area contributed by atoms with E-state index in [1.807, 2.05) is 13.8 Å². The molecule has 0 aliphatic heterocycles. The molecule has 0 spiro atoms. The van der Waals surface area contributed by atoms with Gasteiger partial charge in [-0.15, -0.1) is 0 Å². The number of aryl methyl sites for hydroxylation is 1. The summed E-state index contributed by atoms with van der Waals surface area (Å²) < 4.78 is 1.45. The zero-order valence-electron chi connectivity index (χ0n) is 8.69. The van der Waals surface area contributed by atoms with E-state index in [1.165, 1.54) is 4.57 Å². The number of nitrogen functional groups attached to an aromatic ring is 1. The Labute approximate surface area is 86.6 Å². The summed E-state index contributed by atoms with van der Waals surface area (Å²) in [4.78, 5) is 19.6. The van der Waals surface area contributed by atoms with Gasteiger partial charge in [0.1, 0.15) is 11.3 Å². The molecule has 0 saturated carbocycles. The van der Waals surface area contributed by atoms with Gasteiger partial charge in [0, 0.05) is 18.1 Å². The minimum absolute atomic E-state index is 0.321. The van der Waals surface area contributed by atoms with Crippen molar-refractivity contribution < 1.29 is 0 Å². The van der Waals surface area contributed by atoms with E-state index in [1.54, 1.807) is 12.3 Å².